The molecule has 1 saturated heterocycles. The maximum atomic E-state index is 5.53. The van der Waals surface area contributed by atoms with Crippen LogP contribution in [0.2, 0.25) is 0 Å². The SMILES string of the molecule is COc1ccccc1[C@H]1CN(Cc2cnc[nH]2)CCN1C. The number of hydrogen-bond donors (Lipinski definition) is 1. The number of aromatic amines is 1. The molecule has 0 saturated carbocycles. The molecule has 0 spiro atoms. The number of para-hydroxylation sites is 1. The Kier molecular flexibility index (Phi) is 4.22. The van der Waals surface area contributed by atoms with Crippen molar-refractivity contribution in [2.24, 2.45) is 0 Å². The van der Waals surface area contributed by atoms with Crippen LogP contribution in [-0.2, 0) is 6.54 Å². The summed E-state index contributed by atoms with van der Waals surface area (Å²) in [7, 11) is 3.93. The quantitative estimate of drug-likeness (QED) is 0.932. The van der Waals surface area contributed by atoms with E-state index >= 15 is 0 Å². The van der Waals surface area contributed by atoms with Crippen molar-refractivity contribution in [2.45, 2.75) is 12.6 Å². The van der Waals surface area contributed by atoms with E-state index in [1.54, 1.807) is 13.4 Å². The first-order valence-electron chi connectivity index (χ1n) is 7.30. The Morgan fingerprint density at radius 3 is 2.95 bits per heavy atom. The van der Waals surface area contributed by atoms with E-state index in [9.17, 15) is 0 Å². The molecule has 1 aliphatic rings. The Labute approximate surface area is 125 Å². The molecule has 1 aromatic carbocycles. The fourth-order valence-electron chi connectivity index (χ4n) is 2.96. The Morgan fingerprint density at radius 1 is 1.33 bits per heavy atom. The van der Waals surface area contributed by atoms with Gasteiger partial charge in [0, 0.05) is 43.6 Å². The first kappa shape index (κ1) is 14.1. The summed E-state index contributed by atoms with van der Waals surface area (Å²) < 4.78 is 5.53. The minimum absolute atomic E-state index is 0.359. The van der Waals surface area contributed by atoms with Gasteiger partial charge in [0.15, 0.2) is 0 Å². The van der Waals surface area contributed by atoms with Crippen molar-refractivity contribution in [1.82, 2.24) is 19.8 Å². The first-order valence-corrected chi connectivity index (χ1v) is 7.30. The number of H-pyrrole nitrogens is 1. The number of aromatic nitrogens is 2. The maximum absolute atomic E-state index is 5.53. The summed E-state index contributed by atoms with van der Waals surface area (Å²) in [6.45, 7) is 4.04. The third-order valence-corrected chi connectivity index (χ3v) is 4.18. The van der Waals surface area contributed by atoms with Gasteiger partial charge in [-0.3, -0.25) is 9.80 Å². The third kappa shape index (κ3) is 3.09. The predicted molar refractivity (Wildman–Crippen MR) is 82.2 cm³/mol. The van der Waals surface area contributed by atoms with Crippen LogP contribution in [0.25, 0.3) is 0 Å². The highest BCUT2D eigenvalue weighted by Gasteiger charge is 2.27. The molecule has 1 N–H and O–H groups in total. The van der Waals surface area contributed by atoms with Gasteiger partial charge in [-0.05, 0) is 13.1 Å². The fraction of sp³-hybridized carbons (Fsp3) is 0.438. The van der Waals surface area contributed by atoms with Crippen molar-refractivity contribution < 1.29 is 4.74 Å². The van der Waals surface area contributed by atoms with E-state index in [1.807, 2.05) is 18.3 Å². The van der Waals surface area contributed by atoms with Crippen LogP contribution in [0.5, 0.6) is 5.75 Å². The molecule has 3 rings (SSSR count). The average molecular weight is 286 g/mol. The van der Waals surface area contributed by atoms with Crippen LogP contribution in [0.1, 0.15) is 17.3 Å². The molecule has 5 nitrogen and oxygen atoms in total. The van der Waals surface area contributed by atoms with E-state index in [4.69, 9.17) is 4.74 Å². The number of ether oxygens (including phenoxy) is 1. The highest BCUT2D eigenvalue weighted by atomic mass is 16.5. The highest BCUT2D eigenvalue weighted by Crippen LogP contribution is 2.31. The van der Waals surface area contributed by atoms with Gasteiger partial charge < -0.3 is 9.72 Å². The molecule has 0 amide bonds. The maximum Gasteiger partial charge on any atom is 0.123 e. The minimum Gasteiger partial charge on any atom is -0.496 e. The van der Waals surface area contributed by atoms with E-state index in [0.717, 1.165) is 31.9 Å². The molecule has 2 aromatic rings. The van der Waals surface area contributed by atoms with Crippen molar-refractivity contribution in [3.8, 4) is 5.75 Å². The van der Waals surface area contributed by atoms with Gasteiger partial charge in [0.2, 0.25) is 0 Å². The fourth-order valence-corrected chi connectivity index (χ4v) is 2.96. The Balaban J connectivity index is 1.77. The highest BCUT2D eigenvalue weighted by molar-refractivity contribution is 5.36. The van der Waals surface area contributed by atoms with Crippen molar-refractivity contribution in [3.05, 3.63) is 48.0 Å². The smallest absolute Gasteiger partial charge is 0.123 e. The number of methoxy groups -OCH3 is 1. The van der Waals surface area contributed by atoms with Gasteiger partial charge in [0.05, 0.1) is 19.5 Å². The lowest BCUT2D eigenvalue weighted by Crippen LogP contribution is -2.46. The van der Waals surface area contributed by atoms with Gasteiger partial charge in [0.1, 0.15) is 5.75 Å². The Morgan fingerprint density at radius 2 is 2.19 bits per heavy atom. The number of rotatable bonds is 4. The summed E-state index contributed by atoms with van der Waals surface area (Å²) in [6.07, 6.45) is 3.64. The number of nitrogens with zero attached hydrogens (tertiary/aromatic N) is 3. The van der Waals surface area contributed by atoms with Crippen LogP contribution in [0, 0.1) is 0 Å². The zero-order valence-electron chi connectivity index (χ0n) is 12.6. The summed E-state index contributed by atoms with van der Waals surface area (Å²) in [5.74, 6) is 0.970. The summed E-state index contributed by atoms with van der Waals surface area (Å²) in [5, 5.41) is 0. The molecule has 0 radical (unpaired) electrons. The largest absolute Gasteiger partial charge is 0.496 e. The summed E-state index contributed by atoms with van der Waals surface area (Å²) >= 11 is 0. The molecule has 1 aromatic heterocycles. The van der Waals surface area contributed by atoms with Crippen LogP contribution in [0.3, 0.4) is 0 Å². The predicted octanol–water partition coefficient (Wildman–Crippen LogP) is 1.91. The number of likely N-dealkylation sites (N-methyl/N-ethyl adjacent to an activating group) is 1. The number of nitrogens with one attached hydrogen (secondary N) is 1. The molecule has 0 aliphatic carbocycles. The molecule has 112 valence electrons. The van der Waals surface area contributed by atoms with Gasteiger partial charge in [-0.15, -0.1) is 0 Å². The molecule has 21 heavy (non-hydrogen) atoms. The van der Waals surface area contributed by atoms with Crippen molar-refractivity contribution in [3.63, 3.8) is 0 Å². The van der Waals surface area contributed by atoms with Crippen molar-refractivity contribution >= 4 is 0 Å². The number of piperazine rings is 1. The van der Waals surface area contributed by atoms with Gasteiger partial charge in [-0.25, -0.2) is 4.98 Å². The number of benzene rings is 1. The van der Waals surface area contributed by atoms with E-state index in [2.05, 4.69) is 38.9 Å². The van der Waals surface area contributed by atoms with Gasteiger partial charge in [-0.1, -0.05) is 18.2 Å². The van der Waals surface area contributed by atoms with Gasteiger partial charge in [-0.2, -0.15) is 0 Å². The molecule has 1 aliphatic heterocycles. The summed E-state index contributed by atoms with van der Waals surface area (Å²) in [6, 6.07) is 8.67. The number of hydrogen-bond acceptors (Lipinski definition) is 4. The van der Waals surface area contributed by atoms with E-state index in [-0.39, 0.29) is 0 Å². The second-order valence-electron chi connectivity index (χ2n) is 5.55. The first-order chi connectivity index (χ1) is 10.3. The molecule has 2 heterocycles. The van der Waals surface area contributed by atoms with Gasteiger partial charge in [0.25, 0.3) is 0 Å². The van der Waals surface area contributed by atoms with Crippen LogP contribution >= 0.6 is 0 Å². The lowest BCUT2D eigenvalue weighted by atomic mass is 10.0. The molecule has 0 unspecified atom stereocenters. The van der Waals surface area contributed by atoms with Crippen LogP contribution in [0.15, 0.2) is 36.8 Å². The number of imidazole rings is 1. The monoisotopic (exact) mass is 286 g/mol. The Bertz CT molecular complexity index is 569. The van der Waals surface area contributed by atoms with Crippen LogP contribution in [0.4, 0.5) is 0 Å². The second-order valence-corrected chi connectivity index (χ2v) is 5.55. The zero-order chi connectivity index (χ0) is 14.7. The second kappa shape index (κ2) is 6.28. The molecular weight excluding hydrogens is 264 g/mol. The summed E-state index contributed by atoms with van der Waals surface area (Å²) in [5.41, 5.74) is 2.43. The molecule has 0 bridgehead atoms. The lowest BCUT2D eigenvalue weighted by molar-refractivity contribution is 0.0882. The van der Waals surface area contributed by atoms with Crippen LogP contribution < -0.4 is 4.74 Å². The Hall–Kier alpha value is -1.85. The zero-order valence-corrected chi connectivity index (χ0v) is 12.6. The van der Waals surface area contributed by atoms with Gasteiger partial charge >= 0.3 is 0 Å². The molecular formula is C16H22N4O. The topological polar surface area (TPSA) is 44.4 Å². The van der Waals surface area contributed by atoms with E-state index < -0.39 is 0 Å². The standard InChI is InChI=1S/C16H22N4O/c1-19-7-8-20(10-13-9-17-12-18-13)11-15(19)14-5-3-4-6-16(14)21-2/h3-6,9,12,15H,7-8,10-11H2,1-2H3,(H,17,18)/t15-/m1/s1. The minimum atomic E-state index is 0.359. The molecule has 1 atom stereocenters. The van der Waals surface area contributed by atoms with Crippen molar-refractivity contribution in [2.75, 3.05) is 33.8 Å². The lowest BCUT2D eigenvalue weighted by Gasteiger charge is -2.39. The normalized spacial score (nSPS) is 20.6. The summed E-state index contributed by atoms with van der Waals surface area (Å²) in [4.78, 5) is 12.1. The molecule has 1 fully saturated rings. The van der Waals surface area contributed by atoms with E-state index in [1.165, 1.54) is 11.3 Å². The average Bonchev–Trinajstić information content (AvgIpc) is 3.02. The molecule has 5 heteroatoms. The third-order valence-electron chi connectivity index (χ3n) is 4.18. The van der Waals surface area contributed by atoms with Crippen LogP contribution in [-0.4, -0.2) is 53.6 Å². The van der Waals surface area contributed by atoms with Crippen molar-refractivity contribution in [1.29, 1.82) is 0 Å². The van der Waals surface area contributed by atoms with E-state index in [0.29, 0.717) is 6.04 Å².